The molecule has 0 aliphatic heterocycles. The summed E-state index contributed by atoms with van der Waals surface area (Å²) in [5, 5.41) is 4.03. The Balaban J connectivity index is 1.54. The highest BCUT2D eigenvalue weighted by Gasteiger charge is 2.18. The Bertz CT molecular complexity index is 1380. The molecule has 6 nitrogen and oxygen atoms in total. The first kappa shape index (κ1) is 24.2. The molecule has 1 amide bonds. The first-order chi connectivity index (χ1) is 16.8. The third-order valence-electron chi connectivity index (χ3n) is 6.17. The molecule has 0 aliphatic carbocycles. The van der Waals surface area contributed by atoms with Crippen molar-refractivity contribution in [3.63, 3.8) is 0 Å². The summed E-state index contributed by atoms with van der Waals surface area (Å²) in [5.74, 6) is -0.481. The average molecular weight is 471 g/mol. The van der Waals surface area contributed by atoms with E-state index in [2.05, 4.69) is 33.0 Å². The Morgan fingerprint density at radius 3 is 1.83 bits per heavy atom. The van der Waals surface area contributed by atoms with Crippen LogP contribution in [0, 0.1) is 0 Å². The number of pyridine rings is 1. The zero-order chi connectivity index (χ0) is 25.1. The Kier molecular flexibility index (Phi) is 7.01. The monoisotopic (exact) mass is 470 g/mol. The van der Waals surface area contributed by atoms with Crippen molar-refractivity contribution < 1.29 is 14.3 Å². The van der Waals surface area contributed by atoms with Gasteiger partial charge in [0.05, 0.1) is 11.0 Å². The van der Waals surface area contributed by atoms with Crippen LogP contribution in [0.15, 0.2) is 71.5 Å². The van der Waals surface area contributed by atoms with Crippen LogP contribution in [-0.4, -0.2) is 23.1 Å². The van der Waals surface area contributed by atoms with E-state index < -0.39 is 12.6 Å². The summed E-state index contributed by atoms with van der Waals surface area (Å²) in [4.78, 5) is 38.4. The van der Waals surface area contributed by atoms with Crippen molar-refractivity contribution in [1.82, 2.24) is 4.57 Å². The van der Waals surface area contributed by atoms with Gasteiger partial charge in [-0.2, -0.15) is 0 Å². The molecule has 6 heteroatoms. The number of esters is 1. The van der Waals surface area contributed by atoms with E-state index in [1.54, 1.807) is 41.0 Å². The predicted octanol–water partition coefficient (Wildman–Crippen LogP) is 5.58. The number of nitrogens with zero attached hydrogens (tertiary/aromatic N) is 1. The fourth-order valence-corrected chi connectivity index (χ4v) is 4.44. The van der Waals surface area contributed by atoms with E-state index >= 15 is 0 Å². The van der Waals surface area contributed by atoms with Crippen LogP contribution in [0.25, 0.3) is 21.8 Å². The third-order valence-corrected chi connectivity index (χ3v) is 6.17. The van der Waals surface area contributed by atoms with Crippen molar-refractivity contribution in [2.24, 2.45) is 0 Å². The van der Waals surface area contributed by atoms with Crippen molar-refractivity contribution >= 4 is 39.4 Å². The maximum Gasteiger partial charge on any atom is 0.326 e. The molecule has 3 aromatic carbocycles. The summed E-state index contributed by atoms with van der Waals surface area (Å²) in [6.45, 7) is 7.80. The van der Waals surface area contributed by atoms with Crippen molar-refractivity contribution in [3.8, 4) is 0 Å². The molecule has 0 bridgehead atoms. The van der Waals surface area contributed by atoms with E-state index in [0.717, 1.165) is 16.8 Å². The van der Waals surface area contributed by atoms with Crippen LogP contribution in [0.2, 0.25) is 0 Å². The highest BCUT2D eigenvalue weighted by atomic mass is 16.5. The minimum atomic E-state index is -0.555. The third kappa shape index (κ3) is 4.97. The lowest BCUT2D eigenvalue weighted by Gasteiger charge is -2.20. The van der Waals surface area contributed by atoms with Gasteiger partial charge in [-0.3, -0.25) is 14.4 Å². The van der Waals surface area contributed by atoms with E-state index in [-0.39, 0.29) is 29.7 Å². The minimum Gasteiger partial charge on any atom is -0.454 e. The summed E-state index contributed by atoms with van der Waals surface area (Å²) in [5.41, 5.74) is 4.08. The van der Waals surface area contributed by atoms with Gasteiger partial charge in [-0.05, 0) is 47.2 Å². The molecule has 0 fully saturated rings. The van der Waals surface area contributed by atoms with Gasteiger partial charge in [0, 0.05) is 16.5 Å². The summed E-state index contributed by atoms with van der Waals surface area (Å²) in [7, 11) is 0. The van der Waals surface area contributed by atoms with Crippen LogP contribution in [0.4, 0.5) is 5.69 Å². The predicted molar refractivity (Wildman–Crippen MR) is 140 cm³/mol. The lowest BCUT2D eigenvalue weighted by molar-refractivity contribution is -0.147. The average Bonchev–Trinajstić information content (AvgIpc) is 2.85. The highest BCUT2D eigenvalue weighted by Crippen LogP contribution is 2.32. The molecular weight excluding hydrogens is 440 g/mol. The largest absolute Gasteiger partial charge is 0.454 e. The fourth-order valence-electron chi connectivity index (χ4n) is 4.44. The number of fused-ring (bicyclic) bond motifs is 2. The topological polar surface area (TPSA) is 77.4 Å². The second kappa shape index (κ2) is 10.1. The van der Waals surface area contributed by atoms with Crippen LogP contribution in [0.1, 0.15) is 50.7 Å². The quantitative estimate of drug-likeness (QED) is 0.282. The summed E-state index contributed by atoms with van der Waals surface area (Å²) < 4.78 is 7.12. The van der Waals surface area contributed by atoms with Gasteiger partial charge in [-0.15, -0.1) is 0 Å². The SMILES string of the molecule is CC(C)c1cccc(C(C)C)c1NC(=O)COC(=O)Cn1c2ccccc2c(=O)c2ccccc21. The zero-order valence-corrected chi connectivity index (χ0v) is 20.5. The normalized spacial score (nSPS) is 11.4. The van der Waals surface area contributed by atoms with E-state index in [9.17, 15) is 14.4 Å². The molecule has 0 spiro atoms. The molecule has 1 heterocycles. The Morgan fingerprint density at radius 1 is 0.800 bits per heavy atom. The van der Waals surface area contributed by atoms with Gasteiger partial charge in [0.15, 0.2) is 12.0 Å². The van der Waals surface area contributed by atoms with E-state index in [4.69, 9.17) is 4.74 Å². The molecule has 0 aliphatic rings. The fraction of sp³-hybridized carbons (Fsp3) is 0.276. The molecule has 1 N–H and O–H groups in total. The van der Waals surface area contributed by atoms with Crippen LogP contribution >= 0.6 is 0 Å². The molecule has 4 rings (SSSR count). The number of amides is 1. The first-order valence-electron chi connectivity index (χ1n) is 11.9. The number of anilines is 1. The number of carbonyl (C=O) groups excluding carboxylic acids is 2. The Labute approximate surface area is 204 Å². The molecule has 4 aromatic rings. The van der Waals surface area contributed by atoms with Gasteiger partial charge in [0.1, 0.15) is 6.54 Å². The highest BCUT2D eigenvalue weighted by molar-refractivity contribution is 5.96. The number of aromatic nitrogens is 1. The first-order valence-corrected chi connectivity index (χ1v) is 11.9. The molecule has 180 valence electrons. The number of hydrogen-bond donors (Lipinski definition) is 1. The number of benzene rings is 3. The second-order valence-electron chi connectivity index (χ2n) is 9.28. The number of rotatable bonds is 7. The van der Waals surface area contributed by atoms with E-state index in [0.29, 0.717) is 21.8 Å². The molecule has 0 radical (unpaired) electrons. The van der Waals surface area contributed by atoms with Crippen molar-refractivity contribution in [1.29, 1.82) is 0 Å². The van der Waals surface area contributed by atoms with Gasteiger partial charge in [0.2, 0.25) is 0 Å². The summed E-state index contributed by atoms with van der Waals surface area (Å²) in [6, 6.07) is 20.4. The summed E-state index contributed by atoms with van der Waals surface area (Å²) in [6.07, 6.45) is 0. The Hall–Kier alpha value is -3.93. The number of hydrogen-bond acceptors (Lipinski definition) is 4. The molecule has 1 aromatic heterocycles. The zero-order valence-electron chi connectivity index (χ0n) is 20.5. The number of nitrogens with one attached hydrogen (secondary N) is 1. The number of carbonyl (C=O) groups is 2. The molecular formula is C29H30N2O4. The van der Waals surface area contributed by atoms with Gasteiger partial charge in [-0.1, -0.05) is 70.2 Å². The van der Waals surface area contributed by atoms with Gasteiger partial charge >= 0.3 is 5.97 Å². The molecule has 0 saturated carbocycles. The summed E-state index contributed by atoms with van der Waals surface area (Å²) >= 11 is 0. The van der Waals surface area contributed by atoms with E-state index in [1.165, 1.54) is 0 Å². The van der Waals surface area contributed by atoms with Gasteiger partial charge in [-0.25, -0.2) is 0 Å². The van der Waals surface area contributed by atoms with E-state index in [1.807, 2.05) is 30.3 Å². The number of ether oxygens (including phenoxy) is 1. The van der Waals surface area contributed by atoms with Crippen LogP contribution in [0.5, 0.6) is 0 Å². The van der Waals surface area contributed by atoms with Gasteiger partial charge in [0.25, 0.3) is 5.91 Å². The lowest BCUT2D eigenvalue weighted by Crippen LogP contribution is -2.25. The molecule has 0 unspecified atom stereocenters. The Morgan fingerprint density at radius 2 is 1.31 bits per heavy atom. The molecule has 0 saturated heterocycles. The standard InChI is InChI=1S/C29H30N2O4/c1-18(2)20-12-9-13-21(19(3)4)28(20)30-26(32)17-35-27(33)16-31-24-14-7-5-10-22(24)29(34)23-11-6-8-15-25(23)31/h5-15,18-19H,16-17H2,1-4H3,(H,30,32). The van der Waals surface area contributed by atoms with Crippen LogP contribution in [0.3, 0.4) is 0 Å². The van der Waals surface area contributed by atoms with Gasteiger partial charge < -0.3 is 14.6 Å². The second-order valence-corrected chi connectivity index (χ2v) is 9.28. The lowest BCUT2D eigenvalue weighted by atomic mass is 9.92. The van der Waals surface area contributed by atoms with Crippen LogP contribution < -0.4 is 10.7 Å². The minimum absolute atomic E-state index is 0.0787. The maximum absolute atomic E-state index is 12.9. The molecule has 35 heavy (non-hydrogen) atoms. The van der Waals surface area contributed by atoms with Crippen molar-refractivity contribution in [2.75, 3.05) is 11.9 Å². The number of para-hydroxylation sites is 3. The van der Waals surface area contributed by atoms with Crippen molar-refractivity contribution in [2.45, 2.75) is 46.1 Å². The van der Waals surface area contributed by atoms with Crippen molar-refractivity contribution in [3.05, 3.63) is 88.1 Å². The van der Waals surface area contributed by atoms with Crippen LogP contribution in [-0.2, 0) is 20.9 Å². The maximum atomic E-state index is 12.9. The smallest absolute Gasteiger partial charge is 0.326 e. The molecule has 0 atom stereocenters.